The van der Waals surface area contributed by atoms with Gasteiger partial charge in [-0.3, -0.25) is 0 Å². The Kier molecular flexibility index (Phi) is 4.90. The highest BCUT2D eigenvalue weighted by atomic mass is 16.6. The van der Waals surface area contributed by atoms with Crippen molar-refractivity contribution in [2.45, 2.75) is 31.8 Å². The first-order valence-electron chi connectivity index (χ1n) is 10.4. The fourth-order valence-electron chi connectivity index (χ4n) is 4.25. The molecule has 2 aromatic carbocycles. The number of esters is 2. The summed E-state index contributed by atoms with van der Waals surface area (Å²) in [5.41, 5.74) is 4.82. The number of cyclic esters (lactones) is 1. The summed E-state index contributed by atoms with van der Waals surface area (Å²) in [6, 6.07) is 14.5. The number of aromatic nitrogens is 1. The van der Waals surface area contributed by atoms with E-state index >= 15 is 0 Å². The number of hydrogen-bond donors (Lipinski definition) is 1. The zero-order chi connectivity index (χ0) is 21.4. The number of para-hydroxylation sites is 1. The summed E-state index contributed by atoms with van der Waals surface area (Å²) in [5.74, 6) is -0.788. The number of rotatable bonds is 3. The Hall–Kier alpha value is -3.67. The lowest BCUT2D eigenvalue weighted by Crippen LogP contribution is -2.24. The van der Waals surface area contributed by atoms with Gasteiger partial charge in [-0.15, -0.1) is 0 Å². The number of ether oxygens (including phenoxy) is 2. The van der Waals surface area contributed by atoms with Crippen LogP contribution in [0.2, 0.25) is 0 Å². The first-order valence-corrected chi connectivity index (χ1v) is 10.4. The second-order valence-corrected chi connectivity index (χ2v) is 7.80. The van der Waals surface area contributed by atoms with Crippen molar-refractivity contribution < 1.29 is 24.2 Å². The molecule has 0 saturated carbocycles. The van der Waals surface area contributed by atoms with Crippen molar-refractivity contribution in [3.05, 3.63) is 70.9 Å². The van der Waals surface area contributed by atoms with Gasteiger partial charge >= 0.3 is 11.9 Å². The summed E-state index contributed by atoms with van der Waals surface area (Å²) in [6.45, 7) is 0.269. The molecule has 6 nitrogen and oxygen atoms in total. The van der Waals surface area contributed by atoms with E-state index in [4.69, 9.17) is 14.5 Å². The lowest BCUT2D eigenvalue weighted by atomic mass is 9.86. The third-order valence-corrected chi connectivity index (χ3v) is 5.74. The van der Waals surface area contributed by atoms with E-state index in [2.05, 4.69) is 0 Å². The molecule has 0 bridgehead atoms. The number of hydrogen-bond acceptors (Lipinski definition) is 6. The van der Waals surface area contributed by atoms with E-state index in [1.165, 1.54) is 0 Å². The van der Waals surface area contributed by atoms with E-state index in [0.29, 0.717) is 23.9 Å². The highest BCUT2D eigenvalue weighted by Gasteiger charge is 2.33. The molecule has 0 spiro atoms. The molecule has 1 N–H and O–H groups in total. The largest absolute Gasteiger partial charge is 0.508 e. The number of carbonyl (C=O) groups excluding carboxylic acids is 2. The third-order valence-electron chi connectivity index (χ3n) is 5.74. The van der Waals surface area contributed by atoms with Crippen molar-refractivity contribution in [3.8, 4) is 5.75 Å². The minimum atomic E-state index is -0.856. The first-order chi connectivity index (χ1) is 15.1. The average Bonchev–Trinajstić information content (AvgIpc) is 3.18. The van der Waals surface area contributed by atoms with E-state index in [-0.39, 0.29) is 12.4 Å². The summed E-state index contributed by atoms with van der Waals surface area (Å²) in [4.78, 5) is 29.9. The third kappa shape index (κ3) is 3.65. The monoisotopic (exact) mass is 415 g/mol. The minimum Gasteiger partial charge on any atom is -0.508 e. The van der Waals surface area contributed by atoms with Gasteiger partial charge in [0.05, 0.1) is 23.4 Å². The van der Waals surface area contributed by atoms with Gasteiger partial charge in [0.1, 0.15) is 5.75 Å². The Morgan fingerprint density at radius 1 is 1.13 bits per heavy atom. The fraction of sp³-hybridized carbons (Fsp3) is 0.240. The molecule has 3 aromatic rings. The summed E-state index contributed by atoms with van der Waals surface area (Å²) < 4.78 is 10.5. The molecule has 1 atom stereocenters. The predicted molar refractivity (Wildman–Crippen MR) is 115 cm³/mol. The Balaban J connectivity index is 1.63. The van der Waals surface area contributed by atoms with Gasteiger partial charge in [-0.1, -0.05) is 30.3 Å². The van der Waals surface area contributed by atoms with Gasteiger partial charge < -0.3 is 14.6 Å². The van der Waals surface area contributed by atoms with E-state index < -0.39 is 18.0 Å². The number of allylic oxidation sites excluding steroid dienone is 1. The standard InChI is InChI=1S/C25H21NO5/c27-17-10-8-15(9-11-17)14-16-4-3-6-19-22(25(29)31-21-12-13-30-24(21)28)18-5-1-2-7-20(18)26-23(16)19/h1-2,5,7-11,14,21,27H,3-4,6,12-13H2/b16-14+. The maximum atomic E-state index is 13.2. The second-order valence-electron chi connectivity index (χ2n) is 7.80. The van der Waals surface area contributed by atoms with Gasteiger partial charge in [0.25, 0.3) is 0 Å². The number of aromatic hydroxyl groups is 1. The molecule has 2 aliphatic rings. The molecular formula is C25H21NO5. The quantitative estimate of drug-likeness (QED) is 0.643. The van der Waals surface area contributed by atoms with E-state index in [9.17, 15) is 14.7 Å². The number of fused-ring (bicyclic) bond motifs is 2. The molecule has 1 aliphatic heterocycles. The SMILES string of the molecule is O=C(OC1CCOC1=O)c1c2c(nc3ccccc13)/C(=C/c1ccc(O)cc1)CCC2. The highest BCUT2D eigenvalue weighted by molar-refractivity contribution is 6.07. The predicted octanol–water partition coefficient (Wildman–Crippen LogP) is 4.29. The van der Waals surface area contributed by atoms with Crippen LogP contribution in [-0.2, 0) is 20.7 Å². The maximum Gasteiger partial charge on any atom is 0.347 e. The molecule has 6 heteroatoms. The average molecular weight is 415 g/mol. The van der Waals surface area contributed by atoms with Crippen molar-refractivity contribution in [1.29, 1.82) is 0 Å². The Morgan fingerprint density at radius 3 is 2.71 bits per heavy atom. The van der Waals surface area contributed by atoms with E-state index in [1.807, 2.05) is 42.5 Å². The molecule has 31 heavy (non-hydrogen) atoms. The first kappa shape index (κ1) is 19.3. The van der Waals surface area contributed by atoms with Gasteiger partial charge in [0.2, 0.25) is 6.10 Å². The smallest absolute Gasteiger partial charge is 0.347 e. The Labute approximate surface area is 179 Å². The normalized spacial score (nSPS) is 19.3. The van der Waals surface area contributed by atoms with Crippen LogP contribution in [-0.4, -0.2) is 34.7 Å². The Morgan fingerprint density at radius 2 is 1.94 bits per heavy atom. The molecule has 156 valence electrons. The van der Waals surface area contributed by atoms with Crippen LogP contribution >= 0.6 is 0 Å². The molecule has 1 saturated heterocycles. The summed E-state index contributed by atoms with van der Waals surface area (Å²) >= 11 is 0. The zero-order valence-corrected chi connectivity index (χ0v) is 16.8. The summed E-state index contributed by atoms with van der Waals surface area (Å²) in [5, 5.41) is 10.3. The van der Waals surface area contributed by atoms with Crippen molar-refractivity contribution in [3.63, 3.8) is 0 Å². The van der Waals surface area contributed by atoms with Crippen molar-refractivity contribution in [2.75, 3.05) is 6.61 Å². The van der Waals surface area contributed by atoms with Gasteiger partial charge in [0, 0.05) is 11.8 Å². The van der Waals surface area contributed by atoms with Gasteiger partial charge in [-0.05, 0) is 60.2 Å². The number of phenols is 1. The van der Waals surface area contributed by atoms with Crippen LogP contribution in [0.25, 0.3) is 22.6 Å². The van der Waals surface area contributed by atoms with Crippen LogP contribution < -0.4 is 0 Å². The summed E-state index contributed by atoms with van der Waals surface area (Å²) in [7, 11) is 0. The fourth-order valence-corrected chi connectivity index (χ4v) is 4.25. The van der Waals surface area contributed by atoms with Crippen LogP contribution in [0.4, 0.5) is 0 Å². The molecule has 1 aliphatic carbocycles. The number of nitrogens with zero attached hydrogens (tertiary/aromatic N) is 1. The molecule has 0 radical (unpaired) electrons. The van der Waals surface area contributed by atoms with Crippen LogP contribution in [0.15, 0.2) is 48.5 Å². The Bertz CT molecular complexity index is 1210. The van der Waals surface area contributed by atoms with Crippen LogP contribution in [0, 0.1) is 0 Å². The van der Waals surface area contributed by atoms with Gasteiger partial charge in [-0.2, -0.15) is 0 Å². The number of carbonyl (C=O) groups is 2. The van der Waals surface area contributed by atoms with E-state index in [0.717, 1.165) is 40.6 Å². The van der Waals surface area contributed by atoms with E-state index in [1.54, 1.807) is 12.1 Å². The van der Waals surface area contributed by atoms with Crippen molar-refractivity contribution in [2.24, 2.45) is 0 Å². The molecular weight excluding hydrogens is 394 g/mol. The number of benzene rings is 2. The maximum absolute atomic E-state index is 13.2. The van der Waals surface area contributed by atoms with Gasteiger partial charge in [-0.25, -0.2) is 14.6 Å². The van der Waals surface area contributed by atoms with Crippen LogP contribution in [0.1, 0.15) is 46.4 Å². The molecule has 1 fully saturated rings. The van der Waals surface area contributed by atoms with Crippen molar-refractivity contribution in [1.82, 2.24) is 4.98 Å². The topological polar surface area (TPSA) is 85.7 Å². The highest BCUT2D eigenvalue weighted by Crippen LogP contribution is 2.36. The molecule has 0 amide bonds. The molecule has 5 rings (SSSR count). The van der Waals surface area contributed by atoms with Crippen LogP contribution in [0.3, 0.4) is 0 Å². The summed E-state index contributed by atoms with van der Waals surface area (Å²) in [6.07, 6.45) is 3.99. The zero-order valence-electron chi connectivity index (χ0n) is 16.8. The molecule has 2 heterocycles. The number of pyridine rings is 1. The number of phenolic OH excluding ortho intramolecular Hbond substituents is 1. The van der Waals surface area contributed by atoms with Gasteiger partial charge in [0.15, 0.2) is 0 Å². The lowest BCUT2D eigenvalue weighted by molar-refractivity contribution is -0.145. The van der Waals surface area contributed by atoms with Crippen LogP contribution in [0.5, 0.6) is 5.75 Å². The molecule has 1 unspecified atom stereocenters. The second kappa shape index (κ2) is 7.87. The minimum absolute atomic E-state index is 0.214. The molecule has 1 aromatic heterocycles. The lowest BCUT2D eigenvalue weighted by Gasteiger charge is -2.23. The van der Waals surface area contributed by atoms with Crippen molar-refractivity contribution >= 4 is 34.5 Å².